The van der Waals surface area contributed by atoms with Crippen LogP contribution in [0.1, 0.15) is 47.3 Å². The molecule has 8 heteroatoms. The van der Waals surface area contributed by atoms with Gasteiger partial charge in [-0.1, -0.05) is 13.3 Å². The quantitative estimate of drug-likeness (QED) is 0.332. The van der Waals surface area contributed by atoms with E-state index in [1.807, 2.05) is 12.1 Å². The van der Waals surface area contributed by atoms with Crippen molar-refractivity contribution in [1.82, 2.24) is 10.2 Å². The highest BCUT2D eigenvalue weighted by atomic mass is 32.1. The Balaban J connectivity index is 1.85. The van der Waals surface area contributed by atoms with E-state index >= 15 is 0 Å². The van der Waals surface area contributed by atoms with Crippen molar-refractivity contribution in [2.45, 2.75) is 32.2 Å². The zero-order chi connectivity index (χ0) is 23.8. The van der Waals surface area contributed by atoms with Crippen molar-refractivity contribution in [1.29, 1.82) is 0 Å². The molecule has 1 aliphatic rings. The van der Waals surface area contributed by atoms with Crippen molar-refractivity contribution in [3.8, 4) is 17.2 Å². The minimum atomic E-state index is -0.376. The second-order valence-corrected chi connectivity index (χ2v) is 8.16. The number of carbonyl (C=O) groups excluding carboxylic acids is 1. The van der Waals surface area contributed by atoms with Gasteiger partial charge < -0.3 is 29.2 Å². The van der Waals surface area contributed by atoms with E-state index in [0.717, 1.165) is 43.0 Å². The van der Waals surface area contributed by atoms with Crippen LogP contribution in [-0.4, -0.2) is 57.0 Å². The Kier molecular flexibility index (Phi) is 8.77. The molecule has 7 nitrogen and oxygen atoms in total. The van der Waals surface area contributed by atoms with Crippen LogP contribution in [0.4, 0.5) is 0 Å². The lowest BCUT2D eigenvalue weighted by Gasteiger charge is -2.39. The number of hydrogen-bond acceptors (Lipinski definition) is 6. The zero-order valence-electron chi connectivity index (χ0n) is 19.7. The van der Waals surface area contributed by atoms with E-state index in [0.29, 0.717) is 29.4 Å². The topological polar surface area (TPSA) is 69.3 Å². The molecule has 0 aromatic heterocycles. The fourth-order valence-corrected chi connectivity index (χ4v) is 4.23. The third-order valence-electron chi connectivity index (χ3n) is 5.75. The van der Waals surface area contributed by atoms with Gasteiger partial charge in [0.2, 0.25) is 0 Å². The van der Waals surface area contributed by atoms with E-state index in [2.05, 4.69) is 17.1 Å². The maximum Gasteiger partial charge on any atom is 0.337 e. The maximum atomic E-state index is 11.7. The Morgan fingerprint density at radius 2 is 1.82 bits per heavy atom. The van der Waals surface area contributed by atoms with Gasteiger partial charge >= 0.3 is 5.97 Å². The molecule has 1 N–H and O–H groups in total. The summed E-state index contributed by atoms with van der Waals surface area (Å²) in [6.07, 6.45) is 3.00. The highest BCUT2D eigenvalue weighted by molar-refractivity contribution is 7.80. The van der Waals surface area contributed by atoms with Crippen molar-refractivity contribution >= 4 is 23.3 Å². The first-order valence-electron chi connectivity index (χ1n) is 11.1. The molecule has 0 fully saturated rings. The molecule has 0 amide bonds. The molecule has 1 atom stereocenters. The summed E-state index contributed by atoms with van der Waals surface area (Å²) in [6, 6.07) is 10.9. The first-order chi connectivity index (χ1) is 16.0. The normalized spacial score (nSPS) is 14.8. The predicted molar refractivity (Wildman–Crippen MR) is 131 cm³/mol. The summed E-state index contributed by atoms with van der Waals surface area (Å²) >= 11 is 5.75. The van der Waals surface area contributed by atoms with E-state index in [1.54, 1.807) is 38.5 Å². The molecule has 3 rings (SSSR count). The molecule has 0 saturated heterocycles. The van der Waals surface area contributed by atoms with Crippen LogP contribution in [0, 0.1) is 0 Å². The summed E-state index contributed by atoms with van der Waals surface area (Å²) in [6.45, 7) is 4.15. The summed E-state index contributed by atoms with van der Waals surface area (Å²) in [5, 5.41) is 4.11. The van der Waals surface area contributed by atoms with E-state index in [1.165, 1.54) is 12.7 Å². The molecule has 0 radical (unpaired) electrons. The number of unbranched alkanes of at least 4 members (excludes halogenated alkanes) is 1. The van der Waals surface area contributed by atoms with Crippen molar-refractivity contribution in [3.05, 3.63) is 53.1 Å². The van der Waals surface area contributed by atoms with Crippen molar-refractivity contribution in [2.75, 3.05) is 41.0 Å². The van der Waals surface area contributed by atoms with Crippen LogP contribution in [-0.2, 0) is 11.2 Å². The van der Waals surface area contributed by atoms with Gasteiger partial charge in [0.05, 0.1) is 32.9 Å². The molecule has 33 heavy (non-hydrogen) atoms. The average molecular weight is 473 g/mol. The van der Waals surface area contributed by atoms with Gasteiger partial charge in [-0.3, -0.25) is 0 Å². The number of rotatable bonds is 9. The standard InChI is InChI=1S/C25H32N2O5S/c1-5-6-12-26-25(33)27-13-11-18-14-22(29-2)23(30-3)15-20(18)21(27)16-32-19-9-7-17(8-10-19)24(28)31-4/h7-10,14-15,21H,5-6,11-13,16H2,1-4H3,(H,26,33)/t21-/m1/s1. The Hall–Kier alpha value is -3.00. The summed E-state index contributed by atoms with van der Waals surface area (Å²) in [7, 11) is 4.64. The fraction of sp³-hybridized carbons (Fsp3) is 0.440. The zero-order valence-corrected chi connectivity index (χ0v) is 20.5. The fourth-order valence-electron chi connectivity index (χ4n) is 3.90. The average Bonchev–Trinajstić information content (AvgIpc) is 2.86. The second-order valence-electron chi connectivity index (χ2n) is 7.78. The van der Waals surface area contributed by atoms with Gasteiger partial charge in [0, 0.05) is 13.1 Å². The molecule has 0 saturated carbocycles. The van der Waals surface area contributed by atoms with Gasteiger partial charge in [-0.25, -0.2) is 4.79 Å². The van der Waals surface area contributed by atoms with Crippen LogP contribution in [0.25, 0.3) is 0 Å². The number of nitrogens with one attached hydrogen (secondary N) is 1. The van der Waals surface area contributed by atoms with Gasteiger partial charge in [-0.2, -0.15) is 0 Å². The minimum absolute atomic E-state index is 0.101. The number of carbonyl (C=O) groups is 1. The minimum Gasteiger partial charge on any atom is -0.493 e. The van der Waals surface area contributed by atoms with Crippen LogP contribution < -0.4 is 19.5 Å². The van der Waals surface area contributed by atoms with Crippen LogP contribution in [0.2, 0.25) is 0 Å². The van der Waals surface area contributed by atoms with Gasteiger partial charge in [0.15, 0.2) is 16.6 Å². The molecule has 2 aromatic carbocycles. The van der Waals surface area contributed by atoms with Gasteiger partial charge in [0.1, 0.15) is 12.4 Å². The molecule has 2 aromatic rings. The van der Waals surface area contributed by atoms with Crippen molar-refractivity contribution in [3.63, 3.8) is 0 Å². The van der Waals surface area contributed by atoms with E-state index in [9.17, 15) is 4.79 Å². The monoisotopic (exact) mass is 472 g/mol. The molecule has 1 heterocycles. The number of hydrogen-bond donors (Lipinski definition) is 1. The third kappa shape index (κ3) is 5.87. The van der Waals surface area contributed by atoms with Crippen LogP contribution >= 0.6 is 12.2 Å². The van der Waals surface area contributed by atoms with Gasteiger partial charge in [0.25, 0.3) is 0 Å². The third-order valence-corrected chi connectivity index (χ3v) is 6.13. The molecule has 0 spiro atoms. The Morgan fingerprint density at radius 3 is 2.45 bits per heavy atom. The number of ether oxygens (including phenoxy) is 4. The maximum absolute atomic E-state index is 11.7. The predicted octanol–water partition coefficient (Wildman–Crippen LogP) is 4.14. The second kappa shape index (κ2) is 11.7. The molecular formula is C25H32N2O5S. The molecule has 0 aliphatic carbocycles. The molecule has 178 valence electrons. The summed E-state index contributed by atoms with van der Waals surface area (Å²) in [4.78, 5) is 13.9. The first-order valence-corrected chi connectivity index (χ1v) is 11.5. The Bertz CT molecular complexity index is 964. The number of methoxy groups -OCH3 is 3. The lowest BCUT2D eigenvalue weighted by atomic mass is 9.92. The van der Waals surface area contributed by atoms with Crippen molar-refractivity contribution < 1.29 is 23.7 Å². The van der Waals surface area contributed by atoms with E-state index < -0.39 is 0 Å². The first kappa shape index (κ1) is 24.6. The number of esters is 1. The van der Waals surface area contributed by atoms with Gasteiger partial charge in [-0.05, 0) is 72.6 Å². The smallest absolute Gasteiger partial charge is 0.337 e. The lowest BCUT2D eigenvalue weighted by Crippen LogP contribution is -2.47. The number of thiocarbonyl (C=S) groups is 1. The highest BCUT2D eigenvalue weighted by Gasteiger charge is 2.31. The summed E-state index contributed by atoms with van der Waals surface area (Å²) in [5.74, 6) is 1.68. The molecular weight excluding hydrogens is 440 g/mol. The number of fused-ring (bicyclic) bond motifs is 1. The SMILES string of the molecule is CCCCNC(=S)N1CCc2cc(OC)c(OC)cc2[C@H]1COc1ccc(C(=O)OC)cc1. The van der Waals surface area contributed by atoms with E-state index in [-0.39, 0.29) is 12.0 Å². The molecule has 1 aliphatic heterocycles. The Morgan fingerprint density at radius 1 is 1.12 bits per heavy atom. The van der Waals surface area contributed by atoms with E-state index in [4.69, 9.17) is 31.2 Å². The van der Waals surface area contributed by atoms with Crippen LogP contribution in [0.15, 0.2) is 36.4 Å². The summed E-state index contributed by atoms with van der Waals surface area (Å²) in [5.41, 5.74) is 2.77. The summed E-state index contributed by atoms with van der Waals surface area (Å²) < 4.78 is 22.0. The highest BCUT2D eigenvalue weighted by Crippen LogP contribution is 2.38. The number of benzene rings is 2. The molecule has 0 unspecified atom stereocenters. The van der Waals surface area contributed by atoms with Crippen molar-refractivity contribution in [2.24, 2.45) is 0 Å². The molecule has 0 bridgehead atoms. The lowest BCUT2D eigenvalue weighted by molar-refractivity contribution is 0.0600. The number of nitrogens with zero attached hydrogens (tertiary/aromatic N) is 1. The van der Waals surface area contributed by atoms with Gasteiger partial charge in [-0.15, -0.1) is 0 Å². The Labute approximate surface area is 201 Å². The van der Waals surface area contributed by atoms with Crippen LogP contribution in [0.3, 0.4) is 0 Å². The van der Waals surface area contributed by atoms with Crippen LogP contribution in [0.5, 0.6) is 17.2 Å². The largest absolute Gasteiger partial charge is 0.493 e.